The number of nitrogens with zero attached hydrogens (tertiary/aromatic N) is 2. The molecule has 0 fully saturated rings. The highest BCUT2D eigenvalue weighted by atomic mass is 32.2. The highest BCUT2D eigenvalue weighted by Gasteiger charge is 2.20. The number of anilines is 1. The number of thioether (sulfide) groups is 1. The van der Waals surface area contributed by atoms with E-state index in [1.165, 1.54) is 0 Å². The fraction of sp³-hybridized carbons (Fsp3) is 0.185. The highest BCUT2D eigenvalue weighted by Crippen LogP contribution is 2.25. The lowest BCUT2D eigenvalue weighted by Gasteiger charge is -2.22. The summed E-state index contributed by atoms with van der Waals surface area (Å²) >= 11 is 1.61. The first-order valence-electron chi connectivity index (χ1n) is 11.5. The number of imidazole rings is 1. The Morgan fingerprint density at radius 1 is 1.06 bits per heavy atom. The number of nitrogen functional groups attached to an aromatic ring is 1. The Morgan fingerprint density at radius 2 is 1.78 bits per heavy atom. The molecule has 0 saturated heterocycles. The summed E-state index contributed by atoms with van der Waals surface area (Å²) in [7, 11) is 0. The summed E-state index contributed by atoms with van der Waals surface area (Å²) < 4.78 is 5.04. The molecule has 36 heavy (non-hydrogen) atoms. The largest absolute Gasteiger partial charge is 0.466 e. The molecule has 4 aromatic rings. The van der Waals surface area contributed by atoms with Gasteiger partial charge in [0.15, 0.2) is 0 Å². The molecule has 1 amide bonds. The van der Waals surface area contributed by atoms with Crippen LogP contribution in [-0.2, 0) is 15.3 Å². The van der Waals surface area contributed by atoms with E-state index in [0.29, 0.717) is 29.2 Å². The van der Waals surface area contributed by atoms with Crippen molar-refractivity contribution in [3.63, 3.8) is 0 Å². The number of nitrogens with one attached hydrogen (secondary N) is 2. The van der Waals surface area contributed by atoms with Crippen LogP contribution in [0.25, 0.3) is 11.0 Å². The lowest BCUT2D eigenvalue weighted by molar-refractivity contribution is -0.142. The molecule has 1 aromatic heterocycles. The predicted octanol–water partition coefficient (Wildman–Crippen LogP) is 4.74. The Hall–Kier alpha value is -4.11. The van der Waals surface area contributed by atoms with Gasteiger partial charge in [0, 0.05) is 28.3 Å². The average molecular weight is 502 g/mol. The van der Waals surface area contributed by atoms with Crippen molar-refractivity contribution in [1.29, 1.82) is 5.41 Å². The van der Waals surface area contributed by atoms with Crippen LogP contribution in [0.3, 0.4) is 0 Å². The van der Waals surface area contributed by atoms with Crippen molar-refractivity contribution in [2.75, 3.05) is 18.1 Å². The van der Waals surface area contributed by atoms with Gasteiger partial charge in [-0.2, -0.15) is 0 Å². The van der Waals surface area contributed by atoms with Gasteiger partial charge in [0.05, 0.1) is 29.8 Å². The Labute approximate surface area is 213 Å². The molecule has 0 unspecified atom stereocenters. The molecule has 8 nitrogen and oxygen atoms in total. The SMILES string of the molecule is CCOC(=O)CCN(C(=O)c1ccc2nc(CSc3ccc(C(=N)N)cc3)[nH]c2c1)c1ccccc1. The predicted molar refractivity (Wildman–Crippen MR) is 142 cm³/mol. The van der Waals surface area contributed by atoms with Gasteiger partial charge in [-0.1, -0.05) is 30.3 Å². The quantitative estimate of drug-likeness (QED) is 0.125. The van der Waals surface area contributed by atoms with Gasteiger partial charge in [0.2, 0.25) is 0 Å². The summed E-state index contributed by atoms with van der Waals surface area (Å²) in [6, 6.07) is 22.1. The number of amides is 1. The molecule has 0 bridgehead atoms. The van der Waals surface area contributed by atoms with E-state index in [1.54, 1.807) is 35.7 Å². The molecule has 3 aromatic carbocycles. The smallest absolute Gasteiger partial charge is 0.307 e. The molecule has 184 valence electrons. The summed E-state index contributed by atoms with van der Waals surface area (Å²) in [5.41, 5.74) is 8.95. The van der Waals surface area contributed by atoms with Crippen LogP contribution in [-0.4, -0.2) is 40.8 Å². The average Bonchev–Trinajstić information content (AvgIpc) is 3.31. The van der Waals surface area contributed by atoms with E-state index in [2.05, 4.69) is 9.97 Å². The summed E-state index contributed by atoms with van der Waals surface area (Å²) in [6.07, 6.45) is 0.107. The van der Waals surface area contributed by atoms with Gasteiger partial charge in [0.25, 0.3) is 5.91 Å². The summed E-state index contributed by atoms with van der Waals surface area (Å²) in [5, 5.41) is 7.49. The summed E-state index contributed by atoms with van der Waals surface area (Å²) in [4.78, 5) is 36.0. The van der Waals surface area contributed by atoms with Crippen LogP contribution in [0.15, 0.2) is 77.7 Å². The van der Waals surface area contributed by atoms with Crippen LogP contribution >= 0.6 is 11.8 Å². The molecule has 0 radical (unpaired) electrons. The van der Waals surface area contributed by atoms with Crippen LogP contribution < -0.4 is 10.6 Å². The first-order valence-corrected chi connectivity index (χ1v) is 12.5. The first-order chi connectivity index (χ1) is 17.4. The Balaban J connectivity index is 1.50. The van der Waals surface area contributed by atoms with Gasteiger partial charge < -0.3 is 20.4 Å². The van der Waals surface area contributed by atoms with Gasteiger partial charge in [-0.05, 0) is 49.4 Å². The summed E-state index contributed by atoms with van der Waals surface area (Å²) in [5.74, 6) is 0.905. The van der Waals surface area contributed by atoms with Gasteiger partial charge >= 0.3 is 5.97 Å². The van der Waals surface area contributed by atoms with Crippen molar-refractivity contribution in [3.05, 3.63) is 89.7 Å². The number of fused-ring (bicyclic) bond motifs is 1. The lowest BCUT2D eigenvalue weighted by Crippen LogP contribution is -2.33. The number of carbonyl (C=O) groups excluding carboxylic acids is 2. The number of para-hydroxylation sites is 1. The third kappa shape index (κ3) is 6.11. The number of carbonyl (C=O) groups is 2. The van der Waals surface area contributed by atoms with Crippen molar-refractivity contribution in [3.8, 4) is 0 Å². The summed E-state index contributed by atoms with van der Waals surface area (Å²) in [6.45, 7) is 2.28. The van der Waals surface area contributed by atoms with Crippen molar-refractivity contribution in [2.24, 2.45) is 5.73 Å². The van der Waals surface area contributed by atoms with E-state index < -0.39 is 0 Å². The topological polar surface area (TPSA) is 125 Å². The minimum Gasteiger partial charge on any atom is -0.466 e. The van der Waals surface area contributed by atoms with E-state index in [1.807, 2.05) is 60.7 Å². The maximum atomic E-state index is 13.5. The number of hydrogen-bond acceptors (Lipinski definition) is 6. The number of esters is 1. The van der Waals surface area contributed by atoms with Gasteiger partial charge in [-0.3, -0.25) is 15.0 Å². The molecular formula is C27H27N5O3S. The van der Waals surface area contributed by atoms with Gasteiger partial charge in [-0.15, -0.1) is 11.8 Å². The molecule has 0 atom stereocenters. The standard InChI is InChI=1S/C27H27N5O3S/c1-2-35-25(33)14-15-32(20-6-4-3-5-7-20)27(34)19-10-13-22-23(16-19)31-24(30-22)17-36-21-11-8-18(9-12-21)26(28)29/h3-13,16H,2,14-15,17H2,1H3,(H3,28,29)(H,30,31). The number of amidine groups is 1. The molecule has 0 saturated carbocycles. The van der Waals surface area contributed by atoms with E-state index >= 15 is 0 Å². The minimum atomic E-state index is -0.340. The molecule has 0 aliphatic heterocycles. The molecule has 4 N–H and O–H groups in total. The Morgan fingerprint density at radius 3 is 2.47 bits per heavy atom. The van der Waals surface area contributed by atoms with Crippen molar-refractivity contribution in [1.82, 2.24) is 9.97 Å². The molecule has 4 rings (SSSR count). The van der Waals surface area contributed by atoms with Crippen LogP contribution in [0.5, 0.6) is 0 Å². The number of benzene rings is 3. The van der Waals surface area contributed by atoms with Crippen molar-refractivity contribution in [2.45, 2.75) is 24.0 Å². The maximum Gasteiger partial charge on any atom is 0.307 e. The normalized spacial score (nSPS) is 10.8. The van der Waals surface area contributed by atoms with E-state index in [4.69, 9.17) is 15.9 Å². The molecule has 1 heterocycles. The van der Waals surface area contributed by atoms with Crippen LogP contribution in [0, 0.1) is 5.41 Å². The van der Waals surface area contributed by atoms with Crippen LogP contribution in [0.1, 0.15) is 35.1 Å². The third-order valence-electron chi connectivity index (χ3n) is 5.48. The molecular weight excluding hydrogens is 474 g/mol. The second-order valence-electron chi connectivity index (χ2n) is 7.99. The third-order valence-corrected chi connectivity index (χ3v) is 6.50. The number of hydrogen-bond donors (Lipinski definition) is 3. The molecule has 0 aliphatic carbocycles. The zero-order chi connectivity index (χ0) is 25.5. The number of ether oxygens (including phenoxy) is 1. The van der Waals surface area contributed by atoms with E-state index in [-0.39, 0.29) is 30.7 Å². The number of rotatable bonds is 10. The monoisotopic (exact) mass is 501 g/mol. The van der Waals surface area contributed by atoms with Crippen molar-refractivity contribution < 1.29 is 14.3 Å². The van der Waals surface area contributed by atoms with Gasteiger partial charge in [-0.25, -0.2) is 4.98 Å². The number of nitrogens with two attached hydrogens (primary N) is 1. The second kappa shape index (κ2) is 11.5. The molecule has 9 heteroatoms. The minimum absolute atomic E-state index is 0.0425. The maximum absolute atomic E-state index is 13.5. The fourth-order valence-corrected chi connectivity index (χ4v) is 4.46. The lowest BCUT2D eigenvalue weighted by atomic mass is 10.1. The zero-order valence-corrected chi connectivity index (χ0v) is 20.7. The number of aromatic amines is 1. The second-order valence-corrected chi connectivity index (χ2v) is 9.04. The zero-order valence-electron chi connectivity index (χ0n) is 19.9. The molecule has 0 spiro atoms. The van der Waals surface area contributed by atoms with Crippen LogP contribution in [0.4, 0.5) is 5.69 Å². The Bertz CT molecular complexity index is 1370. The van der Waals surface area contributed by atoms with Gasteiger partial charge in [0.1, 0.15) is 11.7 Å². The van der Waals surface area contributed by atoms with E-state index in [9.17, 15) is 9.59 Å². The highest BCUT2D eigenvalue weighted by molar-refractivity contribution is 7.98. The van der Waals surface area contributed by atoms with Crippen molar-refractivity contribution >= 4 is 46.2 Å². The first kappa shape index (κ1) is 25.0. The number of aromatic nitrogens is 2. The van der Waals surface area contributed by atoms with E-state index in [0.717, 1.165) is 21.8 Å². The molecule has 0 aliphatic rings. The Kier molecular flexibility index (Phi) is 8.02. The fourth-order valence-electron chi connectivity index (χ4n) is 3.69. The van der Waals surface area contributed by atoms with Crippen LogP contribution in [0.2, 0.25) is 0 Å². The number of H-pyrrole nitrogens is 1.